The van der Waals surface area contributed by atoms with E-state index in [-0.39, 0.29) is 12.1 Å². The van der Waals surface area contributed by atoms with Gasteiger partial charge in [-0.25, -0.2) is 0 Å². The van der Waals surface area contributed by atoms with E-state index in [9.17, 15) is 0 Å². The zero-order chi connectivity index (χ0) is 25.7. The van der Waals surface area contributed by atoms with E-state index in [1.807, 2.05) is 3.92 Å². The monoisotopic (exact) mass is 555 g/mol. The van der Waals surface area contributed by atoms with Crippen molar-refractivity contribution in [3.05, 3.63) is 69.8 Å². The third-order valence-electron chi connectivity index (χ3n) is 6.48. The van der Waals surface area contributed by atoms with Gasteiger partial charge < -0.3 is 0 Å². The van der Waals surface area contributed by atoms with Gasteiger partial charge >= 0.3 is 222 Å². The van der Waals surface area contributed by atoms with Gasteiger partial charge in [0, 0.05) is 0 Å². The first-order valence-electron chi connectivity index (χ1n) is 12.3. The molecular formula is C28H44Cl2CuN3. The third kappa shape index (κ3) is 7.23. The van der Waals surface area contributed by atoms with Crippen molar-refractivity contribution in [2.75, 3.05) is 13.1 Å². The molecule has 0 heterocycles. The summed E-state index contributed by atoms with van der Waals surface area (Å²) >= 11 is -0.919. The Morgan fingerprint density at radius 3 is 1.09 bits per heavy atom. The summed E-state index contributed by atoms with van der Waals surface area (Å²) in [6.07, 6.45) is 0. The molecule has 0 radical (unpaired) electrons. The second-order valence-corrected chi connectivity index (χ2v) is 13.8. The van der Waals surface area contributed by atoms with Gasteiger partial charge in [0.15, 0.2) is 0 Å². The van der Waals surface area contributed by atoms with E-state index < -0.39 is 12.3 Å². The van der Waals surface area contributed by atoms with Crippen LogP contribution in [0.2, 0.25) is 0 Å². The SMILES string of the molecule is CC(C)c1cccc(C(C)C)c1C(N)C[N](CC(N)c1c(C(C)C)cccc1C(C)C)[Cu]([Cl])[Cl]. The molecule has 0 aliphatic rings. The molecule has 0 spiro atoms. The average Bonchev–Trinajstić information content (AvgIpc) is 2.76. The van der Waals surface area contributed by atoms with E-state index in [2.05, 4.69) is 91.8 Å². The van der Waals surface area contributed by atoms with Crippen LogP contribution in [0, 0.1) is 0 Å². The Labute approximate surface area is 221 Å². The summed E-state index contributed by atoms with van der Waals surface area (Å²) < 4.78 is 2.04. The Balaban J connectivity index is 2.41. The summed E-state index contributed by atoms with van der Waals surface area (Å²) in [7, 11) is 13.0. The predicted molar refractivity (Wildman–Crippen MR) is 146 cm³/mol. The van der Waals surface area contributed by atoms with Crippen LogP contribution in [0.1, 0.15) is 125 Å². The summed E-state index contributed by atoms with van der Waals surface area (Å²) in [5.41, 5.74) is 21.4. The molecule has 3 nitrogen and oxygen atoms in total. The number of benzene rings is 2. The molecule has 34 heavy (non-hydrogen) atoms. The molecule has 0 aromatic heterocycles. The van der Waals surface area contributed by atoms with E-state index in [1.54, 1.807) is 0 Å². The van der Waals surface area contributed by atoms with Crippen molar-refractivity contribution in [2.24, 2.45) is 11.5 Å². The molecule has 0 saturated heterocycles. The number of hydrogen-bond acceptors (Lipinski definition) is 3. The fourth-order valence-corrected chi connectivity index (χ4v) is 6.13. The molecule has 196 valence electrons. The second kappa shape index (κ2) is 13.1. The zero-order valence-corrected chi connectivity index (χ0v) is 24.5. The second-order valence-electron chi connectivity index (χ2n) is 10.5. The van der Waals surface area contributed by atoms with Crippen LogP contribution in [0.15, 0.2) is 36.4 Å². The standard InChI is InChI=1S/C28H44N3.2ClH.Cu/c1-17(2)21-11-9-12-22(18(3)4)27(21)25(29)15-31-16-26(30)28-23(19(5)6)13-10-14-24(28)20(7)8;;;/h9-14,17-20,25-26H,15-16,29-30H2,1-8H3;2*1H;/q-1;;;+3/p-2. The number of nitrogens with two attached hydrogens (primary N) is 2. The van der Waals surface area contributed by atoms with E-state index in [0.717, 1.165) is 0 Å². The topological polar surface area (TPSA) is 55.3 Å². The summed E-state index contributed by atoms with van der Waals surface area (Å²) in [6.45, 7) is 18.8. The van der Waals surface area contributed by atoms with Gasteiger partial charge in [-0.3, -0.25) is 0 Å². The van der Waals surface area contributed by atoms with Gasteiger partial charge in [-0.2, -0.15) is 0 Å². The molecule has 2 atom stereocenters. The Bertz CT molecular complexity index is 804. The minimum absolute atomic E-state index is 0.210. The molecule has 0 bridgehead atoms. The van der Waals surface area contributed by atoms with Gasteiger partial charge in [0.25, 0.3) is 0 Å². The minimum atomic E-state index is -0.919. The fraction of sp³-hybridized carbons (Fsp3) is 0.571. The van der Waals surface area contributed by atoms with Gasteiger partial charge in [-0.15, -0.1) is 0 Å². The first kappa shape index (κ1) is 29.6. The van der Waals surface area contributed by atoms with E-state index >= 15 is 0 Å². The van der Waals surface area contributed by atoms with Crippen molar-refractivity contribution in [3.63, 3.8) is 0 Å². The average molecular weight is 557 g/mol. The molecule has 2 aromatic rings. The molecule has 2 unspecified atom stereocenters. The summed E-state index contributed by atoms with van der Waals surface area (Å²) in [6, 6.07) is 12.6. The Kier molecular flexibility index (Phi) is 11.4. The van der Waals surface area contributed by atoms with Crippen LogP contribution in [0.3, 0.4) is 0 Å². The van der Waals surface area contributed by atoms with Gasteiger partial charge in [0.2, 0.25) is 0 Å². The van der Waals surface area contributed by atoms with E-state index in [0.29, 0.717) is 36.8 Å². The van der Waals surface area contributed by atoms with Crippen LogP contribution in [0.5, 0.6) is 0 Å². The van der Waals surface area contributed by atoms with Gasteiger partial charge in [0.1, 0.15) is 0 Å². The normalized spacial score (nSPS) is 14.6. The maximum atomic E-state index is 6.89. The van der Waals surface area contributed by atoms with Crippen molar-refractivity contribution in [1.29, 1.82) is 0 Å². The van der Waals surface area contributed by atoms with Crippen LogP contribution in [0.25, 0.3) is 0 Å². The van der Waals surface area contributed by atoms with Crippen molar-refractivity contribution in [1.82, 2.24) is 3.92 Å². The fourth-order valence-electron chi connectivity index (χ4n) is 4.81. The van der Waals surface area contributed by atoms with Crippen molar-refractivity contribution in [3.8, 4) is 0 Å². The number of hydrogen-bond donors (Lipinski definition) is 2. The van der Waals surface area contributed by atoms with Crippen molar-refractivity contribution in [2.45, 2.75) is 91.1 Å². The first-order chi connectivity index (χ1) is 15.9. The Hall–Kier alpha value is -0.581. The molecule has 0 aliphatic carbocycles. The molecule has 2 aromatic carbocycles. The van der Waals surface area contributed by atoms with Crippen LogP contribution >= 0.6 is 20.2 Å². The summed E-state index contributed by atoms with van der Waals surface area (Å²) in [4.78, 5) is 0. The number of halogens is 2. The quantitative estimate of drug-likeness (QED) is 0.275. The summed E-state index contributed by atoms with van der Waals surface area (Å²) in [5.74, 6) is 1.52. The molecule has 0 amide bonds. The molecule has 0 saturated carbocycles. The predicted octanol–water partition coefficient (Wildman–Crippen LogP) is 8.02. The van der Waals surface area contributed by atoms with E-state index in [4.69, 9.17) is 31.7 Å². The van der Waals surface area contributed by atoms with Crippen LogP contribution < -0.4 is 11.5 Å². The molecule has 2 rings (SSSR count). The van der Waals surface area contributed by atoms with Crippen LogP contribution in [0.4, 0.5) is 0 Å². The number of nitrogens with zero attached hydrogens (tertiary/aromatic N) is 1. The molecule has 4 N–H and O–H groups in total. The van der Waals surface area contributed by atoms with Gasteiger partial charge in [-0.1, -0.05) is 0 Å². The van der Waals surface area contributed by atoms with Crippen molar-refractivity contribution >= 4 is 20.2 Å². The maximum absolute atomic E-state index is 6.89. The van der Waals surface area contributed by atoms with Crippen molar-refractivity contribution < 1.29 is 12.3 Å². The molecule has 0 aliphatic heterocycles. The van der Waals surface area contributed by atoms with Crippen LogP contribution in [-0.2, 0) is 12.3 Å². The number of rotatable bonds is 11. The van der Waals surface area contributed by atoms with Gasteiger partial charge in [-0.05, 0) is 0 Å². The molecule has 0 fully saturated rings. The first-order valence-corrected chi connectivity index (χ1v) is 15.3. The Morgan fingerprint density at radius 1 is 0.618 bits per heavy atom. The van der Waals surface area contributed by atoms with Crippen LogP contribution in [-0.4, -0.2) is 17.0 Å². The third-order valence-corrected chi connectivity index (χ3v) is 8.47. The molecule has 6 heteroatoms. The van der Waals surface area contributed by atoms with Gasteiger partial charge in [0.05, 0.1) is 0 Å². The Morgan fingerprint density at radius 2 is 0.882 bits per heavy atom. The zero-order valence-electron chi connectivity index (χ0n) is 22.0. The van der Waals surface area contributed by atoms with E-state index in [1.165, 1.54) is 33.4 Å². The summed E-state index contributed by atoms with van der Waals surface area (Å²) in [5, 5.41) is 0. The molecular weight excluding hydrogens is 513 g/mol.